The molecule has 0 bridgehead atoms. The SMILES string of the molecule is CC1C(Cl)CCCC1N=C1N[S+](=O)([O-])C2=C1CCCC2. The second-order valence-corrected chi connectivity index (χ2v) is 8.33. The van der Waals surface area contributed by atoms with E-state index < -0.39 is 10.4 Å². The number of hydrogen-bond donors (Lipinski definition) is 1. The number of allylic oxidation sites excluding steroid dienone is 1. The van der Waals surface area contributed by atoms with Crippen LogP contribution in [0.25, 0.3) is 0 Å². The standard InChI is InChI=1S/C14H21ClN2O2S/c1-9-11(15)6-4-7-12(9)16-14-10-5-2-3-8-13(10)20(18,19)17-14/h9,11-12H,2-8H2,1H3,(H-,16,17,18,19). The van der Waals surface area contributed by atoms with Gasteiger partial charge in [-0.05, 0) is 44.4 Å². The average molecular weight is 317 g/mol. The molecule has 20 heavy (non-hydrogen) atoms. The van der Waals surface area contributed by atoms with E-state index in [1.807, 2.05) is 0 Å². The number of alkyl halides is 1. The largest absolute Gasteiger partial charge is 0.588 e. The van der Waals surface area contributed by atoms with Crippen LogP contribution in [0.5, 0.6) is 0 Å². The quantitative estimate of drug-likeness (QED) is 0.596. The van der Waals surface area contributed by atoms with E-state index in [0.717, 1.165) is 44.1 Å². The molecule has 4 unspecified atom stereocenters. The van der Waals surface area contributed by atoms with Crippen molar-refractivity contribution in [3.63, 3.8) is 0 Å². The fourth-order valence-corrected chi connectivity index (χ4v) is 5.23. The molecule has 112 valence electrons. The predicted octanol–water partition coefficient (Wildman–Crippen LogP) is 3.16. The Labute approximate surface area is 126 Å². The highest BCUT2D eigenvalue weighted by molar-refractivity contribution is 8.00. The number of aliphatic imine (C=N–C) groups is 1. The number of halogens is 1. The minimum Gasteiger partial charge on any atom is -0.588 e. The Morgan fingerprint density at radius 1 is 1.30 bits per heavy atom. The molecule has 0 aromatic heterocycles. The van der Waals surface area contributed by atoms with Crippen LogP contribution in [0.4, 0.5) is 0 Å². The Morgan fingerprint density at radius 2 is 2.05 bits per heavy atom. The van der Waals surface area contributed by atoms with Gasteiger partial charge in [-0.1, -0.05) is 11.1 Å². The van der Waals surface area contributed by atoms with Gasteiger partial charge in [0.25, 0.3) is 0 Å². The second-order valence-electron chi connectivity index (χ2n) is 6.07. The molecule has 4 atom stereocenters. The highest BCUT2D eigenvalue weighted by Crippen LogP contribution is 2.37. The van der Waals surface area contributed by atoms with Gasteiger partial charge in [-0.3, -0.25) is 4.99 Å². The van der Waals surface area contributed by atoms with Crippen LogP contribution in [0.15, 0.2) is 15.5 Å². The molecule has 0 aromatic carbocycles. The Morgan fingerprint density at radius 3 is 2.85 bits per heavy atom. The number of amidine groups is 1. The van der Waals surface area contributed by atoms with E-state index in [1.165, 1.54) is 0 Å². The van der Waals surface area contributed by atoms with E-state index in [-0.39, 0.29) is 11.4 Å². The number of nitrogens with zero attached hydrogens (tertiary/aromatic N) is 1. The molecule has 3 aliphatic rings. The molecule has 2 aliphatic carbocycles. The highest BCUT2D eigenvalue weighted by Gasteiger charge is 2.41. The third kappa shape index (κ3) is 2.55. The summed E-state index contributed by atoms with van der Waals surface area (Å²) in [6.45, 7) is 2.12. The average Bonchev–Trinajstić information content (AvgIpc) is 2.67. The lowest BCUT2D eigenvalue weighted by molar-refractivity contribution is 0.339. The van der Waals surface area contributed by atoms with Crippen molar-refractivity contribution < 1.29 is 8.76 Å². The zero-order valence-electron chi connectivity index (χ0n) is 11.7. The van der Waals surface area contributed by atoms with Crippen LogP contribution in [-0.2, 0) is 14.6 Å². The van der Waals surface area contributed by atoms with Gasteiger partial charge in [0.2, 0.25) is 0 Å². The number of sulfonamides is 1. The molecule has 0 saturated heterocycles. The Kier molecular flexibility index (Phi) is 3.95. The van der Waals surface area contributed by atoms with Crippen molar-refractivity contribution in [2.45, 2.75) is 63.3 Å². The van der Waals surface area contributed by atoms with E-state index in [0.29, 0.717) is 23.1 Å². The van der Waals surface area contributed by atoms with E-state index in [1.54, 1.807) is 0 Å². The molecule has 1 saturated carbocycles. The Hall–Kier alpha value is -0.390. The normalized spacial score (nSPS) is 43.5. The monoisotopic (exact) mass is 316 g/mol. The molecule has 1 N–H and O–H groups in total. The van der Waals surface area contributed by atoms with Crippen LogP contribution in [-0.4, -0.2) is 21.8 Å². The van der Waals surface area contributed by atoms with Crippen LogP contribution in [0.3, 0.4) is 0 Å². The third-order valence-corrected chi connectivity index (χ3v) is 6.89. The maximum Gasteiger partial charge on any atom is 0.178 e. The van der Waals surface area contributed by atoms with Crippen molar-refractivity contribution in [2.75, 3.05) is 0 Å². The molecular weight excluding hydrogens is 296 g/mol. The molecular formula is C14H21ClN2O2S. The van der Waals surface area contributed by atoms with E-state index in [4.69, 9.17) is 16.6 Å². The second kappa shape index (κ2) is 5.43. The summed E-state index contributed by atoms with van der Waals surface area (Å²) in [6.07, 6.45) is 6.58. The zero-order chi connectivity index (χ0) is 14.3. The molecule has 0 aromatic rings. The van der Waals surface area contributed by atoms with Crippen LogP contribution in [0.1, 0.15) is 51.9 Å². The van der Waals surface area contributed by atoms with E-state index >= 15 is 0 Å². The Balaban J connectivity index is 1.89. The molecule has 4 nitrogen and oxygen atoms in total. The van der Waals surface area contributed by atoms with Crippen molar-refractivity contribution in [2.24, 2.45) is 10.9 Å². The van der Waals surface area contributed by atoms with Gasteiger partial charge in [-0.25, -0.2) is 0 Å². The first-order valence-electron chi connectivity index (χ1n) is 7.46. The van der Waals surface area contributed by atoms with Gasteiger partial charge in [0.15, 0.2) is 21.1 Å². The van der Waals surface area contributed by atoms with Gasteiger partial charge in [-0.15, -0.1) is 11.6 Å². The molecule has 0 radical (unpaired) electrons. The topological polar surface area (TPSA) is 64.5 Å². The summed E-state index contributed by atoms with van der Waals surface area (Å²) in [5.74, 6) is 0.901. The van der Waals surface area contributed by atoms with E-state index in [9.17, 15) is 8.76 Å². The highest BCUT2D eigenvalue weighted by atomic mass is 35.5. The number of rotatable bonds is 1. The van der Waals surface area contributed by atoms with Gasteiger partial charge >= 0.3 is 0 Å². The molecule has 3 rings (SSSR count). The van der Waals surface area contributed by atoms with Crippen molar-refractivity contribution >= 4 is 27.8 Å². The fourth-order valence-electron chi connectivity index (χ4n) is 3.42. The Bertz CT molecular complexity index is 517. The number of nitrogens with one attached hydrogen (secondary N) is 1. The third-order valence-electron chi connectivity index (χ3n) is 4.71. The van der Waals surface area contributed by atoms with Gasteiger partial charge < -0.3 is 4.55 Å². The van der Waals surface area contributed by atoms with Crippen molar-refractivity contribution in [1.29, 1.82) is 0 Å². The number of hydrogen-bond acceptors (Lipinski definition) is 3. The minimum absolute atomic E-state index is 0.137. The maximum atomic E-state index is 12.1. The van der Waals surface area contributed by atoms with Gasteiger partial charge in [0, 0.05) is 11.8 Å². The van der Waals surface area contributed by atoms with Crippen molar-refractivity contribution in [3.05, 3.63) is 10.5 Å². The van der Waals surface area contributed by atoms with Gasteiger partial charge in [0.05, 0.1) is 11.6 Å². The maximum absolute atomic E-state index is 12.1. The van der Waals surface area contributed by atoms with Crippen molar-refractivity contribution in [3.8, 4) is 0 Å². The zero-order valence-corrected chi connectivity index (χ0v) is 13.3. The summed E-state index contributed by atoms with van der Waals surface area (Å²) in [7, 11) is -3.31. The summed E-state index contributed by atoms with van der Waals surface area (Å²) in [5, 5.41) is 0.149. The summed E-state index contributed by atoms with van der Waals surface area (Å²) in [6, 6.07) is 0.137. The summed E-state index contributed by atoms with van der Waals surface area (Å²) in [4.78, 5) is 5.31. The van der Waals surface area contributed by atoms with Crippen LogP contribution in [0, 0.1) is 5.92 Å². The molecule has 6 heteroatoms. The summed E-state index contributed by atoms with van der Waals surface area (Å²) >= 11 is 6.32. The van der Waals surface area contributed by atoms with Crippen LogP contribution < -0.4 is 4.72 Å². The summed E-state index contributed by atoms with van der Waals surface area (Å²) < 4.78 is 26.9. The van der Waals surface area contributed by atoms with Crippen LogP contribution >= 0.6 is 11.6 Å². The van der Waals surface area contributed by atoms with Crippen molar-refractivity contribution in [1.82, 2.24) is 4.72 Å². The van der Waals surface area contributed by atoms with E-state index in [2.05, 4.69) is 11.6 Å². The molecule has 1 aliphatic heterocycles. The van der Waals surface area contributed by atoms with Crippen LogP contribution in [0.2, 0.25) is 0 Å². The molecule has 0 amide bonds. The lowest BCUT2D eigenvalue weighted by Gasteiger charge is -2.30. The molecule has 0 spiro atoms. The first-order chi connectivity index (χ1) is 9.49. The first-order valence-corrected chi connectivity index (χ1v) is 9.38. The summed E-state index contributed by atoms with van der Waals surface area (Å²) in [5.41, 5.74) is 0.931. The molecule has 1 fully saturated rings. The first kappa shape index (κ1) is 14.5. The predicted molar refractivity (Wildman–Crippen MR) is 81.3 cm³/mol. The smallest absolute Gasteiger partial charge is 0.178 e. The van der Waals surface area contributed by atoms with Gasteiger partial charge in [0.1, 0.15) is 0 Å². The molecule has 1 heterocycles. The van der Waals surface area contributed by atoms with Gasteiger partial charge in [-0.2, -0.15) is 4.72 Å². The fraction of sp³-hybridized carbons (Fsp3) is 0.786. The minimum atomic E-state index is -3.31. The lowest BCUT2D eigenvalue weighted by atomic mass is 9.85. The lowest BCUT2D eigenvalue weighted by Crippen LogP contribution is -2.34.